The van der Waals surface area contributed by atoms with Gasteiger partial charge in [0.15, 0.2) is 0 Å². The van der Waals surface area contributed by atoms with E-state index in [0.29, 0.717) is 17.2 Å². The summed E-state index contributed by atoms with van der Waals surface area (Å²) in [7, 11) is 1.50. The Balaban J connectivity index is 1.68. The number of methoxy groups -OCH3 is 1. The first-order chi connectivity index (χ1) is 14.0. The summed E-state index contributed by atoms with van der Waals surface area (Å²) in [5, 5.41) is 9.52. The van der Waals surface area contributed by atoms with Crippen molar-refractivity contribution in [1.29, 1.82) is 0 Å². The van der Waals surface area contributed by atoms with Crippen molar-refractivity contribution in [3.63, 3.8) is 0 Å². The molecule has 1 N–H and O–H groups in total. The van der Waals surface area contributed by atoms with E-state index in [2.05, 4.69) is 4.98 Å². The van der Waals surface area contributed by atoms with Gasteiger partial charge in [0.25, 0.3) is 0 Å². The number of benzene rings is 2. The van der Waals surface area contributed by atoms with Gasteiger partial charge < -0.3 is 9.84 Å². The van der Waals surface area contributed by atoms with Crippen molar-refractivity contribution in [2.24, 2.45) is 0 Å². The van der Waals surface area contributed by atoms with Crippen molar-refractivity contribution in [1.82, 2.24) is 4.98 Å². The fourth-order valence-corrected chi connectivity index (χ4v) is 3.39. The Morgan fingerprint density at radius 3 is 2.66 bits per heavy atom. The second-order valence-electron chi connectivity index (χ2n) is 7.17. The minimum Gasteiger partial charge on any atom is -0.497 e. The lowest BCUT2D eigenvalue weighted by Crippen LogP contribution is -2.08. The average molecular weight is 395 g/mol. The lowest BCUT2D eigenvalue weighted by atomic mass is 9.98. The highest BCUT2D eigenvalue weighted by Crippen LogP contribution is 2.40. The molecule has 1 heterocycles. The molecule has 0 amide bonds. The molecule has 4 rings (SSSR count). The van der Waals surface area contributed by atoms with Crippen LogP contribution in [-0.2, 0) is 6.42 Å². The first kappa shape index (κ1) is 19.1. The van der Waals surface area contributed by atoms with Gasteiger partial charge in [-0.1, -0.05) is 12.1 Å². The summed E-state index contributed by atoms with van der Waals surface area (Å²) in [6.45, 7) is 0. The highest BCUT2D eigenvalue weighted by molar-refractivity contribution is 5.89. The Morgan fingerprint density at radius 2 is 1.97 bits per heavy atom. The molecule has 1 saturated carbocycles. The Morgan fingerprint density at radius 1 is 1.17 bits per heavy atom. The van der Waals surface area contributed by atoms with Crippen LogP contribution in [0.25, 0.3) is 11.1 Å². The summed E-state index contributed by atoms with van der Waals surface area (Å²) in [4.78, 5) is 15.9. The summed E-state index contributed by atoms with van der Waals surface area (Å²) < 4.78 is 34.6. The van der Waals surface area contributed by atoms with Gasteiger partial charge in [-0.25, -0.2) is 13.6 Å². The molecule has 0 atom stereocenters. The lowest BCUT2D eigenvalue weighted by Gasteiger charge is -2.11. The Bertz CT molecular complexity index is 1090. The SMILES string of the molecule is COc1cccc(-c2cc(F)c(Cc3ncc(C4CC4)cc3C(=O)O)cc2F)c1. The monoisotopic (exact) mass is 395 g/mol. The molecule has 1 aliphatic rings. The number of hydrogen-bond acceptors (Lipinski definition) is 3. The van der Waals surface area contributed by atoms with E-state index in [1.54, 1.807) is 36.5 Å². The number of carbonyl (C=O) groups is 1. The normalized spacial score (nSPS) is 13.3. The summed E-state index contributed by atoms with van der Waals surface area (Å²) in [6, 6.07) is 10.5. The van der Waals surface area contributed by atoms with Gasteiger partial charge in [-0.3, -0.25) is 4.98 Å². The molecule has 0 aliphatic heterocycles. The zero-order valence-electron chi connectivity index (χ0n) is 15.8. The topological polar surface area (TPSA) is 59.4 Å². The van der Waals surface area contributed by atoms with E-state index in [1.807, 2.05) is 0 Å². The molecule has 3 aromatic rings. The van der Waals surface area contributed by atoms with Crippen LogP contribution in [0.4, 0.5) is 8.78 Å². The van der Waals surface area contributed by atoms with Crippen molar-refractivity contribution in [2.75, 3.05) is 7.11 Å². The molecule has 1 aromatic heterocycles. The molecule has 1 aliphatic carbocycles. The maximum Gasteiger partial charge on any atom is 0.337 e. The van der Waals surface area contributed by atoms with Gasteiger partial charge in [0.1, 0.15) is 17.4 Å². The van der Waals surface area contributed by atoms with Gasteiger partial charge >= 0.3 is 5.97 Å². The largest absolute Gasteiger partial charge is 0.497 e. The summed E-state index contributed by atoms with van der Waals surface area (Å²) >= 11 is 0. The Labute approximate surface area is 166 Å². The number of rotatable bonds is 6. The molecule has 0 saturated heterocycles. The molecule has 2 aromatic carbocycles. The predicted molar refractivity (Wildman–Crippen MR) is 104 cm³/mol. The zero-order chi connectivity index (χ0) is 20.5. The maximum absolute atomic E-state index is 14.8. The zero-order valence-corrected chi connectivity index (χ0v) is 15.8. The molecule has 0 radical (unpaired) electrons. The van der Waals surface area contributed by atoms with E-state index in [0.717, 1.165) is 30.5 Å². The second kappa shape index (κ2) is 7.62. The number of carboxylic acids is 1. The van der Waals surface area contributed by atoms with E-state index in [-0.39, 0.29) is 28.8 Å². The average Bonchev–Trinajstić information content (AvgIpc) is 3.56. The third-order valence-electron chi connectivity index (χ3n) is 5.15. The van der Waals surface area contributed by atoms with Crippen molar-refractivity contribution in [3.05, 3.63) is 82.7 Å². The van der Waals surface area contributed by atoms with Gasteiger partial charge in [0.2, 0.25) is 0 Å². The van der Waals surface area contributed by atoms with Gasteiger partial charge in [-0.2, -0.15) is 0 Å². The minimum absolute atomic E-state index is 0.0334. The predicted octanol–water partition coefficient (Wildman–Crippen LogP) is 5.20. The number of ether oxygens (including phenoxy) is 1. The van der Waals surface area contributed by atoms with Crippen LogP contribution in [-0.4, -0.2) is 23.2 Å². The molecular formula is C23H19F2NO3. The number of carboxylic acid groups (broad SMARTS) is 1. The summed E-state index contributed by atoms with van der Waals surface area (Å²) in [6.07, 6.45) is 3.57. The molecule has 0 spiro atoms. The van der Waals surface area contributed by atoms with Crippen LogP contribution < -0.4 is 4.74 Å². The first-order valence-electron chi connectivity index (χ1n) is 9.30. The van der Waals surface area contributed by atoms with Crippen LogP contribution in [0.5, 0.6) is 5.75 Å². The third kappa shape index (κ3) is 3.97. The van der Waals surface area contributed by atoms with E-state index in [1.165, 1.54) is 7.11 Å². The number of halogens is 2. The number of hydrogen-bond donors (Lipinski definition) is 1. The minimum atomic E-state index is -1.12. The maximum atomic E-state index is 14.8. The highest BCUT2D eigenvalue weighted by Gasteiger charge is 2.26. The molecule has 0 unspecified atom stereocenters. The molecule has 6 heteroatoms. The van der Waals surface area contributed by atoms with Gasteiger partial charge in [-0.15, -0.1) is 0 Å². The van der Waals surface area contributed by atoms with Crippen molar-refractivity contribution < 1.29 is 23.4 Å². The van der Waals surface area contributed by atoms with E-state index in [4.69, 9.17) is 4.74 Å². The number of pyridine rings is 1. The number of aromatic nitrogens is 1. The van der Waals surface area contributed by atoms with Gasteiger partial charge in [0, 0.05) is 18.2 Å². The van der Waals surface area contributed by atoms with Crippen molar-refractivity contribution in [2.45, 2.75) is 25.2 Å². The van der Waals surface area contributed by atoms with Crippen LogP contribution in [0.1, 0.15) is 45.9 Å². The summed E-state index contributed by atoms with van der Waals surface area (Å²) in [5.41, 5.74) is 1.79. The van der Waals surface area contributed by atoms with Crippen LogP contribution >= 0.6 is 0 Å². The molecule has 0 bridgehead atoms. The lowest BCUT2D eigenvalue weighted by molar-refractivity contribution is 0.0695. The first-order valence-corrected chi connectivity index (χ1v) is 9.30. The quantitative estimate of drug-likeness (QED) is 0.623. The molecule has 148 valence electrons. The molecular weight excluding hydrogens is 376 g/mol. The van der Waals surface area contributed by atoms with Crippen LogP contribution in [0.3, 0.4) is 0 Å². The van der Waals surface area contributed by atoms with Crippen LogP contribution in [0.2, 0.25) is 0 Å². The molecule has 29 heavy (non-hydrogen) atoms. The molecule has 4 nitrogen and oxygen atoms in total. The Hall–Kier alpha value is -3.28. The van der Waals surface area contributed by atoms with E-state index < -0.39 is 17.6 Å². The highest BCUT2D eigenvalue weighted by atomic mass is 19.1. The second-order valence-corrected chi connectivity index (χ2v) is 7.17. The standard InChI is InChI=1S/C23H19F2NO3/c1-29-17-4-2-3-14(7-17)18-11-20(24)15(9-21(18)25)10-22-19(23(27)28)8-16(12-26-22)13-5-6-13/h2-4,7-9,11-13H,5-6,10H2,1H3,(H,27,28). The van der Waals surface area contributed by atoms with E-state index in [9.17, 15) is 18.7 Å². The van der Waals surface area contributed by atoms with Gasteiger partial charge in [0.05, 0.1) is 18.4 Å². The Kier molecular flexibility index (Phi) is 5.01. The fourth-order valence-electron chi connectivity index (χ4n) is 3.39. The van der Waals surface area contributed by atoms with E-state index >= 15 is 0 Å². The van der Waals surface area contributed by atoms with Crippen molar-refractivity contribution in [3.8, 4) is 16.9 Å². The number of aromatic carboxylic acids is 1. The third-order valence-corrected chi connectivity index (χ3v) is 5.15. The van der Waals surface area contributed by atoms with Crippen molar-refractivity contribution >= 4 is 5.97 Å². The van der Waals surface area contributed by atoms with Crippen LogP contribution in [0.15, 0.2) is 48.7 Å². The molecule has 1 fully saturated rings. The van der Waals surface area contributed by atoms with Gasteiger partial charge in [-0.05, 0) is 65.8 Å². The van der Waals surface area contributed by atoms with Crippen LogP contribution in [0, 0.1) is 11.6 Å². The smallest absolute Gasteiger partial charge is 0.337 e. The number of nitrogens with zero attached hydrogens (tertiary/aromatic N) is 1. The fraction of sp³-hybridized carbons (Fsp3) is 0.217. The summed E-state index contributed by atoms with van der Waals surface area (Å²) in [5.74, 6) is -1.44.